The van der Waals surface area contributed by atoms with Crippen LogP contribution < -0.4 is 15.3 Å². The summed E-state index contributed by atoms with van der Waals surface area (Å²) >= 11 is 1.41. The number of carbonyl (C=O) groups excluding carboxylic acids is 1. The molecule has 11 nitrogen and oxygen atoms in total. The van der Waals surface area contributed by atoms with Crippen LogP contribution in [0.5, 0.6) is 5.75 Å². The Bertz CT molecular complexity index is 1280. The predicted molar refractivity (Wildman–Crippen MR) is 156 cm³/mol. The summed E-state index contributed by atoms with van der Waals surface area (Å²) in [7, 11) is -4.12. The van der Waals surface area contributed by atoms with E-state index in [-0.39, 0.29) is 30.5 Å². The summed E-state index contributed by atoms with van der Waals surface area (Å²) in [6.07, 6.45) is 1.12. The van der Waals surface area contributed by atoms with Crippen molar-refractivity contribution in [2.45, 2.75) is 49.6 Å². The Hall–Kier alpha value is -3.15. The molecule has 13 heteroatoms. The zero-order valence-electron chi connectivity index (χ0n) is 22.3. The third-order valence-electron chi connectivity index (χ3n) is 6.19. The summed E-state index contributed by atoms with van der Waals surface area (Å²) < 4.78 is 31.3. The SMILES string of the molecule is C=C1N=C(N)N=CN1[C@H]1C[C@@H](O)[C@@H](COP(=O)(N[C@H](C(=O)OCc2ccccc2)C(C)C)Oc2ccccc2)S1. The zero-order chi connectivity index (χ0) is 28.7. The smallest absolute Gasteiger partial charge is 0.459 e. The Morgan fingerprint density at radius 2 is 1.90 bits per heavy atom. The minimum Gasteiger partial charge on any atom is -0.460 e. The second kappa shape index (κ2) is 13.5. The summed E-state index contributed by atoms with van der Waals surface area (Å²) in [6, 6.07) is 16.8. The lowest BCUT2D eigenvalue weighted by Gasteiger charge is -2.28. The summed E-state index contributed by atoms with van der Waals surface area (Å²) in [5.41, 5.74) is 6.46. The van der Waals surface area contributed by atoms with Crippen molar-refractivity contribution in [2.24, 2.45) is 21.6 Å². The molecule has 0 amide bonds. The molecular weight excluding hydrogens is 553 g/mol. The van der Waals surface area contributed by atoms with E-state index < -0.39 is 31.1 Å². The fraction of sp³-hybridized carbons (Fsp3) is 0.370. The van der Waals surface area contributed by atoms with Crippen molar-refractivity contribution >= 4 is 37.8 Å². The fourth-order valence-corrected chi connectivity index (χ4v) is 7.27. The van der Waals surface area contributed by atoms with Crippen LogP contribution in [0.1, 0.15) is 25.8 Å². The van der Waals surface area contributed by atoms with E-state index in [9.17, 15) is 14.5 Å². The monoisotopic (exact) mass is 587 g/mol. The first-order valence-corrected chi connectivity index (χ1v) is 15.3. The van der Waals surface area contributed by atoms with Crippen LogP contribution in [0, 0.1) is 5.92 Å². The third-order valence-corrected chi connectivity index (χ3v) is 9.26. The second-order valence-electron chi connectivity index (χ2n) is 9.61. The van der Waals surface area contributed by atoms with E-state index in [1.54, 1.807) is 49.1 Å². The number of benzene rings is 2. The Morgan fingerprint density at radius 1 is 1.23 bits per heavy atom. The van der Waals surface area contributed by atoms with Gasteiger partial charge < -0.3 is 25.0 Å². The number of aliphatic hydroxyl groups excluding tert-OH is 1. The maximum absolute atomic E-state index is 14.1. The van der Waals surface area contributed by atoms with E-state index in [2.05, 4.69) is 21.7 Å². The molecule has 0 spiro atoms. The number of guanidine groups is 1. The Balaban J connectivity index is 1.45. The average Bonchev–Trinajstić information content (AvgIpc) is 3.30. The lowest BCUT2D eigenvalue weighted by molar-refractivity contribution is -0.148. The lowest BCUT2D eigenvalue weighted by Crippen LogP contribution is -2.42. The second-order valence-corrected chi connectivity index (χ2v) is 12.7. The number of nitrogens with zero attached hydrogens (tertiary/aromatic N) is 3. The third kappa shape index (κ3) is 7.96. The molecule has 0 saturated carbocycles. The van der Waals surface area contributed by atoms with Crippen molar-refractivity contribution in [3.63, 3.8) is 0 Å². The normalized spacial score (nSPS) is 23.0. The van der Waals surface area contributed by atoms with Crippen LogP contribution in [0.4, 0.5) is 0 Å². The minimum absolute atomic E-state index is 0.0718. The molecule has 4 rings (SSSR count). The average molecular weight is 588 g/mol. The van der Waals surface area contributed by atoms with E-state index in [1.807, 2.05) is 30.3 Å². The lowest BCUT2D eigenvalue weighted by atomic mass is 10.1. The fourth-order valence-electron chi connectivity index (χ4n) is 4.03. The maximum atomic E-state index is 14.1. The molecule has 2 aliphatic heterocycles. The molecule has 1 saturated heterocycles. The van der Waals surface area contributed by atoms with Gasteiger partial charge in [-0.1, -0.05) is 69.0 Å². The van der Waals surface area contributed by atoms with E-state index in [4.69, 9.17) is 19.5 Å². The largest absolute Gasteiger partial charge is 0.460 e. The van der Waals surface area contributed by atoms with Crippen LogP contribution >= 0.6 is 19.5 Å². The number of hydrogen-bond acceptors (Lipinski definition) is 11. The summed E-state index contributed by atoms with van der Waals surface area (Å²) in [4.78, 5) is 22.9. The maximum Gasteiger partial charge on any atom is 0.459 e. The number of ether oxygens (including phenoxy) is 1. The van der Waals surface area contributed by atoms with Gasteiger partial charge in [-0.3, -0.25) is 9.32 Å². The number of nitrogens with two attached hydrogens (primary N) is 1. The van der Waals surface area contributed by atoms with E-state index in [0.717, 1.165) is 5.56 Å². The summed E-state index contributed by atoms with van der Waals surface area (Å²) in [5.74, 6) is -0.0680. The van der Waals surface area contributed by atoms with E-state index >= 15 is 0 Å². The first kappa shape index (κ1) is 29.8. The first-order valence-electron chi connectivity index (χ1n) is 12.8. The van der Waals surface area contributed by atoms with Crippen molar-refractivity contribution in [1.29, 1.82) is 0 Å². The van der Waals surface area contributed by atoms with Gasteiger partial charge in [0.1, 0.15) is 30.6 Å². The van der Waals surface area contributed by atoms with Crippen molar-refractivity contribution in [2.75, 3.05) is 6.61 Å². The van der Waals surface area contributed by atoms with Crippen LogP contribution in [0.2, 0.25) is 0 Å². The molecule has 2 heterocycles. The Kier molecular flexibility index (Phi) is 10.0. The molecule has 5 atom stereocenters. The van der Waals surface area contributed by atoms with Gasteiger partial charge in [0.15, 0.2) is 0 Å². The van der Waals surface area contributed by atoms with Gasteiger partial charge in [0, 0.05) is 6.42 Å². The number of aliphatic imine (C=N–C) groups is 2. The number of para-hydroxylation sites is 1. The molecule has 214 valence electrons. The van der Waals surface area contributed by atoms with Gasteiger partial charge in [0.2, 0.25) is 5.96 Å². The van der Waals surface area contributed by atoms with Crippen molar-refractivity contribution in [3.8, 4) is 5.75 Å². The zero-order valence-corrected chi connectivity index (χ0v) is 24.0. The number of rotatable bonds is 12. The number of aliphatic hydroxyl groups is 1. The van der Waals surface area contributed by atoms with Gasteiger partial charge in [-0.2, -0.15) is 10.1 Å². The molecule has 1 fully saturated rings. The molecular formula is C27H34N5O6PS. The highest BCUT2D eigenvalue weighted by Gasteiger charge is 2.41. The van der Waals surface area contributed by atoms with Gasteiger partial charge in [0.25, 0.3) is 0 Å². The molecule has 0 bridgehead atoms. The van der Waals surface area contributed by atoms with Gasteiger partial charge in [-0.15, -0.1) is 11.8 Å². The highest BCUT2D eigenvalue weighted by atomic mass is 32.2. The number of esters is 1. The molecule has 40 heavy (non-hydrogen) atoms. The molecule has 2 aromatic rings. The van der Waals surface area contributed by atoms with Crippen molar-refractivity contribution < 1.29 is 28.3 Å². The molecule has 1 unspecified atom stereocenters. The van der Waals surface area contributed by atoms with E-state index in [1.165, 1.54) is 18.1 Å². The molecule has 4 N–H and O–H groups in total. The van der Waals surface area contributed by atoms with Crippen LogP contribution in [0.15, 0.2) is 83.0 Å². The molecule has 0 radical (unpaired) electrons. The highest BCUT2D eigenvalue weighted by molar-refractivity contribution is 8.00. The van der Waals surface area contributed by atoms with Crippen molar-refractivity contribution in [1.82, 2.24) is 9.99 Å². The van der Waals surface area contributed by atoms with E-state index in [0.29, 0.717) is 18.0 Å². The molecule has 0 aromatic heterocycles. The molecule has 2 aliphatic rings. The van der Waals surface area contributed by atoms with Crippen LogP contribution in [-0.2, 0) is 25.2 Å². The summed E-state index contributed by atoms with van der Waals surface area (Å²) in [5, 5.41) is 12.9. The predicted octanol–water partition coefficient (Wildman–Crippen LogP) is 3.87. The van der Waals surface area contributed by atoms with Gasteiger partial charge in [-0.25, -0.2) is 9.56 Å². The standard InChI is InChI=1S/C27H34N5O6PS/c1-18(2)25(26(34)36-15-20-10-6-4-7-11-20)31-39(35,38-21-12-8-5-9-13-21)37-16-23-22(33)14-24(40-23)32-17-29-27(28)30-19(32)3/h4-13,17-18,22-25,33H,3,14-16H2,1-2H3,(H2,28,30)(H,31,35)/t22-,23-,24-,25+,39?/m1/s1. The van der Waals surface area contributed by atoms with Gasteiger partial charge in [-0.05, 0) is 23.6 Å². The Labute approximate surface area is 238 Å². The van der Waals surface area contributed by atoms with Crippen LogP contribution in [0.3, 0.4) is 0 Å². The highest BCUT2D eigenvalue weighted by Crippen LogP contribution is 2.47. The summed E-state index contributed by atoms with van der Waals surface area (Å²) in [6.45, 7) is 7.46. The van der Waals surface area contributed by atoms with Crippen LogP contribution in [-0.4, -0.2) is 57.7 Å². The van der Waals surface area contributed by atoms with Crippen LogP contribution in [0.25, 0.3) is 0 Å². The minimum atomic E-state index is -4.12. The number of carbonyl (C=O) groups is 1. The number of nitrogens with one attached hydrogen (secondary N) is 1. The first-order chi connectivity index (χ1) is 19.1. The number of thioether (sulfide) groups is 1. The number of hydrogen-bond donors (Lipinski definition) is 3. The van der Waals surface area contributed by atoms with Crippen molar-refractivity contribution in [3.05, 3.63) is 78.6 Å². The van der Waals surface area contributed by atoms with Gasteiger partial charge in [0.05, 0.1) is 23.3 Å². The quantitative estimate of drug-likeness (QED) is 0.247. The molecule has 2 aromatic carbocycles. The topological polar surface area (TPSA) is 148 Å². The molecule has 0 aliphatic carbocycles. The Morgan fingerprint density at radius 3 is 2.55 bits per heavy atom. The van der Waals surface area contributed by atoms with Gasteiger partial charge >= 0.3 is 13.7 Å².